The Bertz CT molecular complexity index is 729. The number of hydrogen-bond donors (Lipinski definition) is 2. The molecule has 0 aromatic heterocycles. The maximum absolute atomic E-state index is 11.7. The number of fused-ring (bicyclic) bond motifs is 1. The van der Waals surface area contributed by atoms with Gasteiger partial charge in [-0.15, -0.1) is 0 Å². The zero-order valence-electron chi connectivity index (χ0n) is 15.5. The molecule has 5 heteroatoms. The molecule has 1 amide bonds. The summed E-state index contributed by atoms with van der Waals surface area (Å²) in [7, 11) is 0. The smallest absolute Gasteiger partial charge is 0.251 e. The van der Waals surface area contributed by atoms with Crippen LogP contribution in [0.5, 0.6) is 5.75 Å². The second-order valence-electron chi connectivity index (χ2n) is 9.27. The molecular formula is C21H28N2O3. The van der Waals surface area contributed by atoms with Gasteiger partial charge < -0.3 is 15.2 Å². The second-order valence-corrected chi connectivity index (χ2v) is 9.27. The van der Waals surface area contributed by atoms with Crippen LogP contribution < -0.4 is 10.1 Å². The highest BCUT2D eigenvalue weighted by Gasteiger charge is 2.58. The molecule has 2 atom stereocenters. The molecule has 2 aliphatic heterocycles. The molecule has 2 N–H and O–H groups in total. The number of aliphatic hydroxyl groups is 1. The van der Waals surface area contributed by atoms with E-state index in [1.54, 1.807) is 0 Å². The van der Waals surface area contributed by atoms with Gasteiger partial charge in [0.1, 0.15) is 11.9 Å². The number of likely N-dealkylation sites (tertiary alicyclic amines) is 1. The number of amides is 1. The molecule has 2 saturated carbocycles. The van der Waals surface area contributed by atoms with Crippen molar-refractivity contribution in [2.75, 3.05) is 13.1 Å². The van der Waals surface area contributed by atoms with Crippen LogP contribution in [-0.4, -0.2) is 46.7 Å². The molecule has 2 aliphatic carbocycles. The van der Waals surface area contributed by atoms with Crippen molar-refractivity contribution < 1.29 is 14.6 Å². The molecule has 2 heterocycles. The fourth-order valence-electron chi connectivity index (χ4n) is 5.93. The maximum atomic E-state index is 11.7. The van der Waals surface area contributed by atoms with Crippen molar-refractivity contribution in [3.8, 4) is 5.75 Å². The summed E-state index contributed by atoms with van der Waals surface area (Å²) >= 11 is 0. The highest BCUT2D eigenvalue weighted by molar-refractivity contribution is 5.98. The Hall–Kier alpha value is -1.59. The summed E-state index contributed by atoms with van der Waals surface area (Å²) in [5.41, 5.74) is 1.74. The number of ether oxygens (including phenoxy) is 1. The van der Waals surface area contributed by atoms with Crippen LogP contribution in [0, 0.1) is 5.41 Å². The summed E-state index contributed by atoms with van der Waals surface area (Å²) in [6.07, 6.45) is 6.90. The van der Waals surface area contributed by atoms with Gasteiger partial charge in [-0.2, -0.15) is 0 Å². The fraction of sp³-hybridized carbons (Fsp3) is 0.667. The van der Waals surface area contributed by atoms with Crippen LogP contribution in [0.2, 0.25) is 0 Å². The first-order valence-electron chi connectivity index (χ1n) is 9.97. The van der Waals surface area contributed by atoms with Crippen LogP contribution in [0.3, 0.4) is 0 Å². The number of rotatable bonds is 3. The highest BCUT2D eigenvalue weighted by atomic mass is 16.5. The lowest BCUT2D eigenvalue weighted by molar-refractivity contribution is -0.198. The normalized spacial score (nSPS) is 31.7. The standard InChI is InChI=1S/C21H28N2O3/c1-20(25)10-21(11-20)12-23(13-21)17-4-2-3-5-18(17)26-15-6-7-16-14(8-15)9-22-19(16)24/h6-8,17-18,25H,2-5,9-13H2,1H3,(H,22,24)/t17-,18?/m0/s1. The molecule has 1 saturated heterocycles. The Morgan fingerprint density at radius 1 is 1.23 bits per heavy atom. The Kier molecular flexibility index (Phi) is 3.63. The summed E-state index contributed by atoms with van der Waals surface area (Å²) in [6.45, 7) is 4.78. The largest absolute Gasteiger partial charge is 0.489 e. The van der Waals surface area contributed by atoms with E-state index in [0.717, 1.165) is 49.2 Å². The maximum Gasteiger partial charge on any atom is 0.251 e. The molecule has 5 rings (SSSR count). The van der Waals surface area contributed by atoms with E-state index in [2.05, 4.69) is 10.2 Å². The lowest BCUT2D eigenvalue weighted by Crippen LogP contribution is -2.70. The zero-order valence-corrected chi connectivity index (χ0v) is 15.5. The minimum absolute atomic E-state index is 0.0179. The van der Waals surface area contributed by atoms with Gasteiger partial charge in [-0.3, -0.25) is 9.69 Å². The number of nitrogens with one attached hydrogen (secondary N) is 1. The van der Waals surface area contributed by atoms with Gasteiger partial charge >= 0.3 is 0 Å². The molecule has 1 spiro atoms. The third-order valence-electron chi connectivity index (χ3n) is 6.77. The summed E-state index contributed by atoms with van der Waals surface area (Å²) in [5.74, 6) is 0.906. The summed E-state index contributed by atoms with van der Waals surface area (Å²) in [5, 5.41) is 12.9. The van der Waals surface area contributed by atoms with Gasteiger partial charge in [0.15, 0.2) is 0 Å². The average Bonchev–Trinajstić information content (AvgIpc) is 2.91. The van der Waals surface area contributed by atoms with E-state index in [1.807, 2.05) is 25.1 Å². The van der Waals surface area contributed by atoms with E-state index in [-0.39, 0.29) is 12.0 Å². The van der Waals surface area contributed by atoms with Crippen LogP contribution >= 0.6 is 0 Å². The zero-order chi connectivity index (χ0) is 17.9. The van der Waals surface area contributed by atoms with E-state index in [0.29, 0.717) is 18.0 Å². The molecule has 0 bridgehead atoms. The predicted octanol–water partition coefficient (Wildman–Crippen LogP) is 2.47. The van der Waals surface area contributed by atoms with Crippen molar-refractivity contribution in [3.63, 3.8) is 0 Å². The molecule has 1 unspecified atom stereocenters. The van der Waals surface area contributed by atoms with Crippen LogP contribution in [0.25, 0.3) is 0 Å². The fourth-order valence-corrected chi connectivity index (χ4v) is 5.93. The first-order valence-corrected chi connectivity index (χ1v) is 9.97. The van der Waals surface area contributed by atoms with E-state index in [9.17, 15) is 9.90 Å². The highest BCUT2D eigenvalue weighted by Crippen LogP contribution is 2.55. The van der Waals surface area contributed by atoms with Gasteiger partial charge in [0.05, 0.1) is 5.60 Å². The number of carbonyl (C=O) groups excluding carboxylic acids is 1. The van der Waals surface area contributed by atoms with Crippen LogP contribution in [0.1, 0.15) is 61.4 Å². The minimum atomic E-state index is -0.440. The quantitative estimate of drug-likeness (QED) is 0.873. The van der Waals surface area contributed by atoms with Crippen molar-refractivity contribution >= 4 is 5.91 Å². The monoisotopic (exact) mass is 356 g/mol. The first-order chi connectivity index (χ1) is 12.4. The lowest BCUT2D eigenvalue weighted by Gasteiger charge is -2.64. The second kappa shape index (κ2) is 5.70. The third-order valence-corrected chi connectivity index (χ3v) is 6.77. The number of benzene rings is 1. The van der Waals surface area contributed by atoms with Crippen molar-refractivity contribution in [2.45, 2.75) is 69.7 Å². The molecule has 140 valence electrons. The molecule has 0 radical (unpaired) electrons. The molecule has 1 aromatic rings. The Labute approximate surface area is 154 Å². The van der Waals surface area contributed by atoms with Gasteiger partial charge in [-0.1, -0.05) is 6.42 Å². The molecule has 5 nitrogen and oxygen atoms in total. The molecule has 3 fully saturated rings. The predicted molar refractivity (Wildman–Crippen MR) is 98.1 cm³/mol. The van der Waals surface area contributed by atoms with E-state index in [1.165, 1.54) is 19.3 Å². The van der Waals surface area contributed by atoms with Crippen molar-refractivity contribution in [3.05, 3.63) is 29.3 Å². The van der Waals surface area contributed by atoms with Crippen molar-refractivity contribution in [1.29, 1.82) is 0 Å². The lowest BCUT2D eigenvalue weighted by atomic mass is 9.55. The minimum Gasteiger partial charge on any atom is -0.489 e. The van der Waals surface area contributed by atoms with Crippen LogP contribution in [-0.2, 0) is 6.54 Å². The summed E-state index contributed by atoms with van der Waals surface area (Å²) < 4.78 is 6.42. The van der Waals surface area contributed by atoms with E-state index < -0.39 is 5.60 Å². The van der Waals surface area contributed by atoms with Gasteiger partial charge in [0, 0.05) is 36.7 Å². The van der Waals surface area contributed by atoms with Crippen LogP contribution in [0.4, 0.5) is 0 Å². The summed E-state index contributed by atoms with van der Waals surface area (Å²) in [4.78, 5) is 14.3. The third kappa shape index (κ3) is 2.72. The van der Waals surface area contributed by atoms with Crippen molar-refractivity contribution in [2.24, 2.45) is 5.41 Å². The van der Waals surface area contributed by atoms with Gasteiger partial charge in [0.25, 0.3) is 5.91 Å². The van der Waals surface area contributed by atoms with Gasteiger partial charge in [0.2, 0.25) is 0 Å². The number of nitrogens with zero attached hydrogens (tertiary/aromatic N) is 1. The van der Waals surface area contributed by atoms with Gasteiger partial charge in [-0.25, -0.2) is 0 Å². The topological polar surface area (TPSA) is 61.8 Å². The SMILES string of the molecule is CC1(O)CC2(CN([C@H]3CCCCC3Oc3ccc4c(c3)CNC4=O)C2)C1. The number of carbonyl (C=O) groups is 1. The molecular weight excluding hydrogens is 328 g/mol. The molecule has 4 aliphatic rings. The van der Waals surface area contributed by atoms with Gasteiger partial charge in [-0.05, 0) is 62.8 Å². The first kappa shape index (κ1) is 16.6. The molecule has 26 heavy (non-hydrogen) atoms. The van der Waals surface area contributed by atoms with E-state index in [4.69, 9.17) is 4.74 Å². The Morgan fingerprint density at radius 2 is 2.00 bits per heavy atom. The average molecular weight is 356 g/mol. The Balaban J connectivity index is 1.26. The molecule has 1 aromatic carbocycles. The Morgan fingerprint density at radius 3 is 2.77 bits per heavy atom. The summed E-state index contributed by atoms with van der Waals surface area (Å²) in [6, 6.07) is 6.34. The number of hydrogen-bond acceptors (Lipinski definition) is 4. The van der Waals surface area contributed by atoms with Crippen LogP contribution in [0.15, 0.2) is 18.2 Å². The van der Waals surface area contributed by atoms with Crippen molar-refractivity contribution in [1.82, 2.24) is 10.2 Å². The van der Waals surface area contributed by atoms with E-state index >= 15 is 0 Å².